The summed E-state index contributed by atoms with van der Waals surface area (Å²) in [7, 11) is 0. The fourth-order valence-electron chi connectivity index (χ4n) is 1.96. The Morgan fingerprint density at radius 1 is 1.30 bits per heavy atom. The van der Waals surface area contributed by atoms with Gasteiger partial charge in [0.05, 0.1) is 21.0 Å². The molecule has 2 aromatic heterocycles. The van der Waals surface area contributed by atoms with Crippen molar-refractivity contribution < 1.29 is 0 Å². The maximum absolute atomic E-state index is 6.55. The summed E-state index contributed by atoms with van der Waals surface area (Å²) in [6.07, 6.45) is 3.81. The van der Waals surface area contributed by atoms with Crippen LogP contribution in [0, 0.1) is 6.92 Å². The predicted molar refractivity (Wildman–Crippen MR) is 88.0 cm³/mol. The van der Waals surface area contributed by atoms with Crippen LogP contribution in [0.2, 0.25) is 0 Å². The van der Waals surface area contributed by atoms with Gasteiger partial charge in [-0.3, -0.25) is 0 Å². The normalized spacial score (nSPS) is 12.6. The van der Waals surface area contributed by atoms with Crippen LogP contribution in [-0.4, -0.2) is 9.78 Å². The van der Waals surface area contributed by atoms with Crippen LogP contribution < -0.4 is 0 Å². The van der Waals surface area contributed by atoms with Crippen LogP contribution in [0.3, 0.4) is 0 Å². The van der Waals surface area contributed by atoms with Crippen molar-refractivity contribution in [2.75, 3.05) is 0 Å². The number of aryl methyl sites for hydroxylation is 1. The summed E-state index contributed by atoms with van der Waals surface area (Å²) in [5.74, 6) is 0. The van der Waals surface area contributed by atoms with Crippen molar-refractivity contribution in [3.05, 3.63) is 68.6 Å². The molecule has 3 rings (SSSR count). The van der Waals surface area contributed by atoms with Crippen molar-refractivity contribution in [3.63, 3.8) is 0 Å². The van der Waals surface area contributed by atoms with Gasteiger partial charge in [-0.1, -0.05) is 18.2 Å². The molecule has 1 atom stereocenters. The van der Waals surface area contributed by atoms with Crippen LogP contribution >= 0.6 is 38.9 Å². The third kappa shape index (κ3) is 2.68. The molecule has 0 aliphatic rings. The van der Waals surface area contributed by atoms with Gasteiger partial charge in [-0.15, -0.1) is 22.9 Å². The fourth-order valence-corrected chi connectivity index (χ4v) is 3.85. The molecule has 5 heteroatoms. The summed E-state index contributed by atoms with van der Waals surface area (Å²) in [5, 5.41) is 4.22. The van der Waals surface area contributed by atoms with Crippen LogP contribution in [0.15, 0.2) is 52.6 Å². The minimum atomic E-state index is -0.164. The third-order valence-electron chi connectivity index (χ3n) is 3.04. The number of thiophene rings is 1. The molecule has 0 spiro atoms. The third-order valence-corrected chi connectivity index (χ3v) is 5.86. The maximum atomic E-state index is 6.55. The van der Waals surface area contributed by atoms with Gasteiger partial charge in [0.25, 0.3) is 0 Å². The zero-order valence-corrected chi connectivity index (χ0v) is 13.9. The zero-order chi connectivity index (χ0) is 14.1. The summed E-state index contributed by atoms with van der Waals surface area (Å²) in [6, 6.07) is 12.1. The number of halogens is 2. The SMILES string of the molecule is Cc1cc(C(Cl)c2cnn(-c3ccccc3)c2)sc1Br. The molecule has 2 nitrogen and oxygen atoms in total. The van der Waals surface area contributed by atoms with E-state index in [1.54, 1.807) is 11.3 Å². The summed E-state index contributed by atoms with van der Waals surface area (Å²) < 4.78 is 2.98. The highest BCUT2D eigenvalue weighted by Gasteiger charge is 2.16. The van der Waals surface area contributed by atoms with Crippen molar-refractivity contribution in [2.45, 2.75) is 12.3 Å². The largest absolute Gasteiger partial charge is 0.241 e. The molecule has 1 unspecified atom stereocenters. The molecule has 0 aliphatic carbocycles. The number of benzene rings is 1. The van der Waals surface area contributed by atoms with E-state index in [9.17, 15) is 0 Å². The first-order valence-corrected chi connectivity index (χ1v) is 8.19. The maximum Gasteiger partial charge on any atom is 0.0958 e. The quantitative estimate of drug-likeness (QED) is 0.572. The van der Waals surface area contributed by atoms with Crippen molar-refractivity contribution in [1.29, 1.82) is 0 Å². The fraction of sp³-hybridized carbons (Fsp3) is 0.133. The van der Waals surface area contributed by atoms with Gasteiger partial charge in [-0.05, 0) is 46.6 Å². The Kier molecular flexibility index (Phi) is 3.96. The molecule has 0 amide bonds. The predicted octanol–water partition coefficient (Wildman–Crippen LogP) is 5.33. The highest BCUT2D eigenvalue weighted by atomic mass is 79.9. The van der Waals surface area contributed by atoms with E-state index in [1.165, 1.54) is 5.56 Å². The Morgan fingerprint density at radius 3 is 2.70 bits per heavy atom. The second-order valence-electron chi connectivity index (χ2n) is 4.52. The number of para-hydroxylation sites is 1. The standard InChI is InChI=1S/C15H12BrClN2S/c1-10-7-13(20-15(10)16)14(17)11-8-18-19(9-11)12-5-3-2-4-6-12/h2-9,14H,1H3. The molecule has 0 saturated heterocycles. The van der Waals surface area contributed by atoms with Crippen LogP contribution in [0.4, 0.5) is 0 Å². The molecule has 0 saturated carbocycles. The van der Waals surface area contributed by atoms with Gasteiger partial charge in [0.2, 0.25) is 0 Å². The van der Waals surface area contributed by atoms with E-state index in [0.717, 1.165) is 19.9 Å². The van der Waals surface area contributed by atoms with Crippen molar-refractivity contribution in [3.8, 4) is 5.69 Å². The molecule has 0 fully saturated rings. The van der Waals surface area contributed by atoms with Gasteiger partial charge in [0.15, 0.2) is 0 Å². The van der Waals surface area contributed by atoms with Gasteiger partial charge in [-0.2, -0.15) is 5.10 Å². The smallest absolute Gasteiger partial charge is 0.0958 e. The Hall–Kier alpha value is -1.10. The van der Waals surface area contributed by atoms with E-state index in [-0.39, 0.29) is 5.38 Å². The first-order chi connectivity index (χ1) is 9.65. The lowest BCUT2D eigenvalue weighted by Crippen LogP contribution is -1.93. The first kappa shape index (κ1) is 13.9. The van der Waals surface area contributed by atoms with Crippen LogP contribution in [0.5, 0.6) is 0 Å². The summed E-state index contributed by atoms with van der Waals surface area (Å²) in [6.45, 7) is 2.07. The Balaban J connectivity index is 1.90. The minimum Gasteiger partial charge on any atom is -0.241 e. The lowest BCUT2D eigenvalue weighted by atomic mass is 10.2. The second kappa shape index (κ2) is 5.72. The lowest BCUT2D eigenvalue weighted by Gasteiger charge is -2.03. The molecule has 0 aliphatic heterocycles. The molecular formula is C15H12BrClN2S. The highest BCUT2D eigenvalue weighted by Crippen LogP contribution is 2.37. The van der Waals surface area contributed by atoms with Gasteiger partial charge >= 0.3 is 0 Å². The number of alkyl halides is 1. The van der Waals surface area contributed by atoms with Crippen molar-refractivity contribution in [1.82, 2.24) is 9.78 Å². The number of hydrogen-bond acceptors (Lipinski definition) is 2. The molecule has 2 heterocycles. The van der Waals surface area contributed by atoms with Crippen molar-refractivity contribution in [2.24, 2.45) is 0 Å². The van der Waals surface area contributed by atoms with E-state index < -0.39 is 0 Å². The topological polar surface area (TPSA) is 17.8 Å². The Bertz CT molecular complexity index is 701. The first-order valence-electron chi connectivity index (χ1n) is 6.15. The zero-order valence-electron chi connectivity index (χ0n) is 10.8. The van der Waals surface area contributed by atoms with Gasteiger partial charge in [0, 0.05) is 16.6 Å². The minimum absolute atomic E-state index is 0.164. The molecular weight excluding hydrogens is 356 g/mol. The molecule has 0 N–H and O–H groups in total. The summed E-state index contributed by atoms with van der Waals surface area (Å²) >= 11 is 11.8. The Labute approximate surface area is 135 Å². The molecule has 102 valence electrons. The van der Waals surface area contributed by atoms with Gasteiger partial charge < -0.3 is 0 Å². The second-order valence-corrected chi connectivity index (χ2v) is 7.36. The highest BCUT2D eigenvalue weighted by molar-refractivity contribution is 9.11. The molecule has 0 radical (unpaired) electrons. The molecule has 0 bridgehead atoms. The van der Waals surface area contributed by atoms with Gasteiger partial charge in [0.1, 0.15) is 0 Å². The Morgan fingerprint density at radius 2 is 2.05 bits per heavy atom. The van der Waals surface area contributed by atoms with Gasteiger partial charge in [-0.25, -0.2) is 4.68 Å². The van der Waals surface area contributed by atoms with E-state index in [0.29, 0.717) is 0 Å². The van der Waals surface area contributed by atoms with E-state index in [1.807, 2.05) is 47.4 Å². The van der Waals surface area contributed by atoms with E-state index in [4.69, 9.17) is 11.6 Å². The molecule has 1 aromatic carbocycles. The number of aromatic nitrogens is 2. The number of nitrogens with zero attached hydrogens (tertiary/aromatic N) is 2. The molecule has 20 heavy (non-hydrogen) atoms. The summed E-state index contributed by atoms with van der Waals surface area (Å²) in [5.41, 5.74) is 3.25. The van der Waals surface area contributed by atoms with Crippen LogP contribution in [0.25, 0.3) is 5.69 Å². The molecule has 3 aromatic rings. The van der Waals surface area contributed by atoms with E-state index >= 15 is 0 Å². The average Bonchev–Trinajstić information content (AvgIpc) is 3.07. The lowest BCUT2D eigenvalue weighted by molar-refractivity contribution is 0.880. The summed E-state index contributed by atoms with van der Waals surface area (Å²) in [4.78, 5) is 1.13. The van der Waals surface area contributed by atoms with E-state index in [2.05, 4.69) is 34.0 Å². The average molecular weight is 368 g/mol. The number of rotatable bonds is 3. The van der Waals surface area contributed by atoms with Crippen molar-refractivity contribution >= 4 is 38.9 Å². The number of hydrogen-bond donors (Lipinski definition) is 0. The monoisotopic (exact) mass is 366 g/mol. The van der Waals surface area contributed by atoms with Crippen LogP contribution in [-0.2, 0) is 0 Å². The van der Waals surface area contributed by atoms with Crippen LogP contribution in [0.1, 0.15) is 21.4 Å².